The lowest BCUT2D eigenvalue weighted by molar-refractivity contribution is 0.155. The maximum absolute atomic E-state index is 12.9. The molecule has 1 N–H and O–H groups in total. The molecule has 0 unspecified atom stereocenters. The van der Waals surface area contributed by atoms with E-state index in [9.17, 15) is 14.3 Å². The quantitative estimate of drug-likeness (QED) is 0.808. The van der Waals surface area contributed by atoms with Crippen LogP contribution in [0.4, 0.5) is 4.39 Å². The van der Waals surface area contributed by atoms with E-state index < -0.39 is 6.10 Å². The fraction of sp³-hybridized carbons (Fsp3) is 0.250. The minimum Gasteiger partial charge on any atom is -0.387 e. The van der Waals surface area contributed by atoms with E-state index in [-0.39, 0.29) is 17.9 Å². The summed E-state index contributed by atoms with van der Waals surface area (Å²) >= 11 is 1.49. The van der Waals surface area contributed by atoms with Gasteiger partial charge in [-0.15, -0.1) is 11.3 Å². The average molecular weight is 318 g/mol. The Balaban J connectivity index is 1.97. The second kappa shape index (κ2) is 5.62. The number of aryl methyl sites for hydroxylation is 2. The van der Waals surface area contributed by atoms with Crippen molar-refractivity contribution in [3.63, 3.8) is 0 Å². The number of benzene rings is 1. The molecule has 3 aromatic rings. The summed E-state index contributed by atoms with van der Waals surface area (Å²) in [7, 11) is 0. The molecule has 2 heterocycles. The molecule has 0 fully saturated rings. The van der Waals surface area contributed by atoms with Crippen LogP contribution in [-0.2, 0) is 6.54 Å². The third kappa shape index (κ3) is 2.55. The van der Waals surface area contributed by atoms with Gasteiger partial charge in [0, 0.05) is 4.88 Å². The van der Waals surface area contributed by atoms with E-state index in [1.165, 1.54) is 46.5 Å². The zero-order valence-electron chi connectivity index (χ0n) is 12.2. The van der Waals surface area contributed by atoms with Crippen molar-refractivity contribution in [3.05, 3.63) is 62.8 Å². The topological polar surface area (TPSA) is 55.1 Å². The van der Waals surface area contributed by atoms with Gasteiger partial charge in [-0.05, 0) is 37.1 Å². The molecule has 114 valence electrons. The Labute approximate surface area is 130 Å². The molecule has 1 atom stereocenters. The van der Waals surface area contributed by atoms with Crippen molar-refractivity contribution in [1.29, 1.82) is 0 Å². The molecule has 0 aliphatic rings. The summed E-state index contributed by atoms with van der Waals surface area (Å²) in [4.78, 5) is 18.6. The highest BCUT2D eigenvalue weighted by molar-refractivity contribution is 7.18. The van der Waals surface area contributed by atoms with Crippen LogP contribution in [0, 0.1) is 19.7 Å². The van der Waals surface area contributed by atoms with Crippen LogP contribution in [0.2, 0.25) is 0 Å². The van der Waals surface area contributed by atoms with Crippen LogP contribution in [0.5, 0.6) is 0 Å². The number of nitrogens with zero attached hydrogens (tertiary/aromatic N) is 2. The lowest BCUT2D eigenvalue weighted by Crippen LogP contribution is -2.23. The van der Waals surface area contributed by atoms with E-state index in [0.717, 1.165) is 10.4 Å². The molecule has 0 aliphatic carbocycles. The minimum absolute atomic E-state index is 0.0851. The van der Waals surface area contributed by atoms with E-state index in [2.05, 4.69) is 4.98 Å². The van der Waals surface area contributed by atoms with Crippen molar-refractivity contribution < 1.29 is 9.50 Å². The summed E-state index contributed by atoms with van der Waals surface area (Å²) in [5, 5.41) is 10.8. The first-order chi connectivity index (χ1) is 10.5. The van der Waals surface area contributed by atoms with Gasteiger partial charge in [-0.1, -0.05) is 12.1 Å². The van der Waals surface area contributed by atoms with Gasteiger partial charge in [-0.3, -0.25) is 9.36 Å². The smallest absolute Gasteiger partial charge is 0.262 e. The van der Waals surface area contributed by atoms with E-state index in [1.54, 1.807) is 0 Å². The fourth-order valence-electron chi connectivity index (χ4n) is 2.38. The average Bonchev–Trinajstić information content (AvgIpc) is 2.78. The number of halogens is 1. The van der Waals surface area contributed by atoms with Crippen LogP contribution in [0.3, 0.4) is 0 Å². The van der Waals surface area contributed by atoms with Gasteiger partial charge in [0.15, 0.2) is 0 Å². The van der Waals surface area contributed by atoms with Gasteiger partial charge in [0.25, 0.3) is 5.56 Å². The maximum atomic E-state index is 12.9. The molecule has 0 aliphatic heterocycles. The summed E-state index contributed by atoms with van der Waals surface area (Å²) in [6.45, 7) is 3.94. The number of aliphatic hydroxyl groups is 1. The highest BCUT2D eigenvalue weighted by atomic mass is 32.1. The molecule has 2 aromatic heterocycles. The fourth-order valence-corrected chi connectivity index (χ4v) is 3.36. The largest absolute Gasteiger partial charge is 0.387 e. The second-order valence-corrected chi connectivity index (χ2v) is 6.44. The Morgan fingerprint density at radius 3 is 2.68 bits per heavy atom. The Morgan fingerprint density at radius 1 is 1.32 bits per heavy atom. The van der Waals surface area contributed by atoms with Gasteiger partial charge in [0.2, 0.25) is 0 Å². The van der Waals surface area contributed by atoms with Crippen molar-refractivity contribution in [2.45, 2.75) is 26.5 Å². The number of aliphatic hydroxyl groups excluding tert-OH is 1. The molecule has 0 saturated heterocycles. The predicted molar refractivity (Wildman–Crippen MR) is 84.7 cm³/mol. The highest BCUT2D eigenvalue weighted by Crippen LogP contribution is 2.25. The molecule has 0 bridgehead atoms. The minimum atomic E-state index is -0.891. The van der Waals surface area contributed by atoms with Crippen molar-refractivity contribution in [2.75, 3.05) is 0 Å². The maximum Gasteiger partial charge on any atom is 0.262 e. The van der Waals surface area contributed by atoms with Crippen molar-refractivity contribution in [3.8, 4) is 0 Å². The third-order valence-electron chi connectivity index (χ3n) is 3.78. The van der Waals surface area contributed by atoms with Crippen LogP contribution < -0.4 is 5.56 Å². The molecule has 0 saturated carbocycles. The normalized spacial score (nSPS) is 12.7. The molecule has 1 aromatic carbocycles. The summed E-state index contributed by atoms with van der Waals surface area (Å²) in [5.41, 5.74) is 1.34. The van der Waals surface area contributed by atoms with Gasteiger partial charge >= 0.3 is 0 Å². The van der Waals surface area contributed by atoms with Crippen LogP contribution in [-0.4, -0.2) is 14.7 Å². The number of hydrogen-bond acceptors (Lipinski definition) is 4. The Kier molecular flexibility index (Phi) is 3.80. The van der Waals surface area contributed by atoms with E-state index in [0.29, 0.717) is 15.8 Å². The molecular formula is C16H15FN2O2S. The first-order valence-corrected chi connectivity index (χ1v) is 7.67. The molecule has 0 radical (unpaired) electrons. The number of fused-ring (bicyclic) bond motifs is 1. The first-order valence-electron chi connectivity index (χ1n) is 6.86. The Hall–Kier alpha value is -2.05. The highest BCUT2D eigenvalue weighted by Gasteiger charge is 2.15. The monoisotopic (exact) mass is 318 g/mol. The summed E-state index contributed by atoms with van der Waals surface area (Å²) in [5.74, 6) is -0.361. The zero-order valence-corrected chi connectivity index (χ0v) is 13.0. The van der Waals surface area contributed by atoms with E-state index >= 15 is 0 Å². The Bertz CT molecular complexity index is 884. The lowest BCUT2D eigenvalue weighted by Gasteiger charge is -2.12. The second-order valence-electron chi connectivity index (χ2n) is 5.23. The summed E-state index contributed by atoms with van der Waals surface area (Å²) in [6, 6.07) is 5.60. The lowest BCUT2D eigenvalue weighted by atomic mass is 10.1. The SMILES string of the molecule is Cc1sc2ncn(C[C@H](O)c3ccc(F)cc3)c(=O)c2c1C. The number of hydrogen-bond donors (Lipinski definition) is 1. The predicted octanol–water partition coefficient (Wildman–Crippen LogP) is 2.95. The van der Waals surface area contributed by atoms with Crippen molar-refractivity contribution in [2.24, 2.45) is 0 Å². The number of rotatable bonds is 3. The van der Waals surface area contributed by atoms with Crippen LogP contribution in [0.15, 0.2) is 35.4 Å². The van der Waals surface area contributed by atoms with Gasteiger partial charge in [0.1, 0.15) is 10.6 Å². The Morgan fingerprint density at radius 2 is 2.00 bits per heavy atom. The molecule has 3 rings (SSSR count). The van der Waals surface area contributed by atoms with Gasteiger partial charge in [-0.25, -0.2) is 9.37 Å². The third-order valence-corrected chi connectivity index (χ3v) is 4.90. The molecule has 0 amide bonds. The van der Waals surface area contributed by atoms with Gasteiger partial charge < -0.3 is 5.11 Å². The van der Waals surface area contributed by atoms with Gasteiger partial charge in [-0.2, -0.15) is 0 Å². The van der Waals surface area contributed by atoms with Crippen LogP contribution in [0.25, 0.3) is 10.2 Å². The molecular weight excluding hydrogens is 303 g/mol. The summed E-state index contributed by atoms with van der Waals surface area (Å²) in [6.07, 6.45) is 0.560. The van der Waals surface area contributed by atoms with E-state index in [4.69, 9.17) is 0 Å². The number of thiophene rings is 1. The molecule has 0 spiro atoms. The van der Waals surface area contributed by atoms with Crippen LogP contribution in [0.1, 0.15) is 22.1 Å². The standard InChI is InChI=1S/C16H15FN2O2S/c1-9-10(2)22-15-14(9)16(21)19(8-18-15)7-13(20)11-3-5-12(17)6-4-11/h3-6,8,13,20H,7H2,1-2H3/t13-/m0/s1. The zero-order chi connectivity index (χ0) is 15.9. The van der Waals surface area contributed by atoms with E-state index in [1.807, 2.05) is 13.8 Å². The van der Waals surface area contributed by atoms with Crippen molar-refractivity contribution in [1.82, 2.24) is 9.55 Å². The molecule has 22 heavy (non-hydrogen) atoms. The molecule has 6 heteroatoms. The van der Waals surface area contributed by atoms with Gasteiger partial charge in [0.05, 0.1) is 24.4 Å². The number of aromatic nitrogens is 2. The van der Waals surface area contributed by atoms with Crippen LogP contribution >= 0.6 is 11.3 Å². The summed E-state index contributed by atoms with van der Waals surface area (Å²) < 4.78 is 14.3. The first kappa shape index (κ1) is 14.9. The van der Waals surface area contributed by atoms with Crippen molar-refractivity contribution >= 4 is 21.6 Å². The molecule has 4 nitrogen and oxygen atoms in total.